The SMILES string of the molecule is COc1ccc(CN2CC(N)C2)cc1. The zero-order valence-corrected chi connectivity index (χ0v) is 8.44. The number of benzene rings is 1. The molecule has 76 valence electrons. The molecule has 0 unspecified atom stereocenters. The molecule has 1 aliphatic rings. The summed E-state index contributed by atoms with van der Waals surface area (Å²) in [6.45, 7) is 3.04. The number of nitrogens with two attached hydrogens (primary N) is 1. The van der Waals surface area contributed by atoms with Gasteiger partial charge in [-0.15, -0.1) is 0 Å². The molecule has 1 heterocycles. The van der Waals surface area contributed by atoms with Crippen LogP contribution in [0.1, 0.15) is 5.56 Å². The topological polar surface area (TPSA) is 38.5 Å². The van der Waals surface area contributed by atoms with Crippen molar-refractivity contribution in [3.63, 3.8) is 0 Å². The van der Waals surface area contributed by atoms with E-state index in [1.807, 2.05) is 12.1 Å². The highest BCUT2D eigenvalue weighted by Crippen LogP contribution is 2.15. The van der Waals surface area contributed by atoms with E-state index in [1.165, 1.54) is 5.56 Å². The number of likely N-dealkylation sites (tertiary alicyclic amines) is 1. The Bertz CT molecular complexity index is 291. The van der Waals surface area contributed by atoms with Crippen LogP contribution in [0.4, 0.5) is 0 Å². The fourth-order valence-corrected chi connectivity index (χ4v) is 1.73. The second kappa shape index (κ2) is 3.98. The standard InChI is InChI=1S/C11H16N2O/c1-14-11-4-2-9(3-5-11)6-13-7-10(12)8-13/h2-5,10H,6-8,12H2,1H3. The first-order chi connectivity index (χ1) is 6.78. The summed E-state index contributed by atoms with van der Waals surface area (Å²) in [5.41, 5.74) is 7.02. The Balaban J connectivity index is 1.90. The van der Waals surface area contributed by atoms with Gasteiger partial charge in [-0.1, -0.05) is 12.1 Å². The zero-order valence-electron chi connectivity index (χ0n) is 8.44. The van der Waals surface area contributed by atoms with Crippen molar-refractivity contribution in [3.8, 4) is 5.75 Å². The van der Waals surface area contributed by atoms with Crippen molar-refractivity contribution in [2.45, 2.75) is 12.6 Å². The minimum atomic E-state index is 0.383. The Kier molecular flexibility index (Phi) is 2.70. The van der Waals surface area contributed by atoms with Crippen LogP contribution < -0.4 is 10.5 Å². The molecule has 1 aliphatic heterocycles. The molecule has 0 atom stereocenters. The molecule has 0 aliphatic carbocycles. The van der Waals surface area contributed by atoms with E-state index in [2.05, 4.69) is 17.0 Å². The fraction of sp³-hybridized carbons (Fsp3) is 0.455. The van der Waals surface area contributed by atoms with Crippen LogP contribution in [0.5, 0.6) is 5.75 Å². The average molecular weight is 192 g/mol. The Labute approximate surface area is 84.5 Å². The summed E-state index contributed by atoms with van der Waals surface area (Å²) in [5.74, 6) is 0.911. The minimum Gasteiger partial charge on any atom is -0.497 e. The highest BCUT2D eigenvalue weighted by atomic mass is 16.5. The average Bonchev–Trinajstić information content (AvgIpc) is 2.17. The van der Waals surface area contributed by atoms with Gasteiger partial charge in [-0.05, 0) is 17.7 Å². The van der Waals surface area contributed by atoms with Gasteiger partial charge in [0.05, 0.1) is 7.11 Å². The van der Waals surface area contributed by atoms with E-state index < -0.39 is 0 Å². The maximum absolute atomic E-state index is 5.71. The van der Waals surface area contributed by atoms with Gasteiger partial charge in [-0.2, -0.15) is 0 Å². The fourth-order valence-electron chi connectivity index (χ4n) is 1.73. The third-order valence-corrected chi connectivity index (χ3v) is 2.55. The molecule has 0 bridgehead atoms. The zero-order chi connectivity index (χ0) is 9.97. The second-order valence-electron chi connectivity index (χ2n) is 3.80. The molecule has 0 aromatic heterocycles. The van der Waals surface area contributed by atoms with Gasteiger partial charge in [0.1, 0.15) is 5.75 Å². The molecular formula is C11H16N2O. The van der Waals surface area contributed by atoms with Crippen molar-refractivity contribution in [2.24, 2.45) is 5.73 Å². The van der Waals surface area contributed by atoms with E-state index in [4.69, 9.17) is 10.5 Å². The smallest absolute Gasteiger partial charge is 0.118 e. The molecule has 2 rings (SSSR count). The molecule has 1 aromatic rings. The lowest BCUT2D eigenvalue weighted by atomic mass is 10.1. The summed E-state index contributed by atoms with van der Waals surface area (Å²) in [5, 5.41) is 0. The second-order valence-corrected chi connectivity index (χ2v) is 3.80. The van der Waals surface area contributed by atoms with Gasteiger partial charge in [-0.3, -0.25) is 4.90 Å². The molecule has 0 spiro atoms. The summed E-state index contributed by atoms with van der Waals surface area (Å²) < 4.78 is 5.10. The predicted octanol–water partition coefficient (Wildman–Crippen LogP) is 0.838. The summed E-state index contributed by atoms with van der Waals surface area (Å²) in [6, 6.07) is 8.57. The van der Waals surface area contributed by atoms with Crippen LogP contribution in [0, 0.1) is 0 Å². The number of methoxy groups -OCH3 is 1. The lowest BCUT2D eigenvalue weighted by Gasteiger charge is -2.36. The summed E-state index contributed by atoms with van der Waals surface area (Å²) in [7, 11) is 1.68. The van der Waals surface area contributed by atoms with Crippen molar-refractivity contribution in [3.05, 3.63) is 29.8 Å². The van der Waals surface area contributed by atoms with Crippen LogP contribution in [-0.4, -0.2) is 31.1 Å². The first kappa shape index (κ1) is 9.49. The third kappa shape index (κ3) is 2.05. The van der Waals surface area contributed by atoms with Crippen molar-refractivity contribution in [1.29, 1.82) is 0 Å². The van der Waals surface area contributed by atoms with Gasteiger partial charge in [0, 0.05) is 25.7 Å². The molecule has 1 saturated heterocycles. The number of nitrogens with zero attached hydrogens (tertiary/aromatic N) is 1. The number of ether oxygens (including phenoxy) is 1. The van der Waals surface area contributed by atoms with Crippen molar-refractivity contribution < 1.29 is 4.74 Å². The highest BCUT2D eigenvalue weighted by molar-refractivity contribution is 5.27. The quantitative estimate of drug-likeness (QED) is 0.771. The van der Waals surface area contributed by atoms with Crippen LogP contribution in [0.25, 0.3) is 0 Å². The summed E-state index contributed by atoms with van der Waals surface area (Å²) in [4.78, 5) is 2.34. The number of hydrogen-bond donors (Lipinski definition) is 1. The van der Waals surface area contributed by atoms with Gasteiger partial charge >= 0.3 is 0 Å². The first-order valence-corrected chi connectivity index (χ1v) is 4.89. The van der Waals surface area contributed by atoms with Gasteiger partial charge < -0.3 is 10.5 Å². The van der Waals surface area contributed by atoms with Crippen molar-refractivity contribution in [1.82, 2.24) is 4.90 Å². The highest BCUT2D eigenvalue weighted by Gasteiger charge is 2.22. The Morgan fingerprint density at radius 2 is 2.00 bits per heavy atom. The molecule has 0 amide bonds. The van der Waals surface area contributed by atoms with E-state index in [1.54, 1.807) is 7.11 Å². The molecule has 1 fully saturated rings. The van der Waals surface area contributed by atoms with Crippen LogP contribution in [0.3, 0.4) is 0 Å². The maximum Gasteiger partial charge on any atom is 0.118 e. The van der Waals surface area contributed by atoms with Gasteiger partial charge in [0.2, 0.25) is 0 Å². The molecule has 0 radical (unpaired) electrons. The number of hydrogen-bond acceptors (Lipinski definition) is 3. The van der Waals surface area contributed by atoms with Gasteiger partial charge in [0.25, 0.3) is 0 Å². The number of rotatable bonds is 3. The maximum atomic E-state index is 5.71. The van der Waals surface area contributed by atoms with E-state index in [0.29, 0.717) is 6.04 Å². The predicted molar refractivity (Wildman–Crippen MR) is 56.2 cm³/mol. The Hall–Kier alpha value is -1.06. The molecule has 3 nitrogen and oxygen atoms in total. The minimum absolute atomic E-state index is 0.383. The van der Waals surface area contributed by atoms with Crippen LogP contribution in [-0.2, 0) is 6.54 Å². The van der Waals surface area contributed by atoms with Crippen LogP contribution >= 0.6 is 0 Å². The molecule has 2 N–H and O–H groups in total. The van der Waals surface area contributed by atoms with Crippen LogP contribution in [0.2, 0.25) is 0 Å². The van der Waals surface area contributed by atoms with Gasteiger partial charge in [0.15, 0.2) is 0 Å². The Morgan fingerprint density at radius 1 is 1.36 bits per heavy atom. The molecule has 3 heteroatoms. The van der Waals surface area contributed by atoms with Gasteiger partial charge in [-0.25, -0.2) is 0 Å². The van der Waals surface area contributed by atoms with E-state index in [0.717, 1.165) is 25.4 Å². The molecule has 0 saturated carbocycles. The lowest BCUT2D eigenvalue weighted by Crippen LogP contribution is -2.54. The molecular weight excluding hydrogens is 176 g/mol. The normalized spacial score (nSPS) is 17.9. The van der Waals surface area contributed by atoms with Crippen LogP contribution in [0.15, 0.2) is 24.3 Å². The van der Waals surface area contributed by atoms with Crippen molar-refractivity contribution in [2.75, 3.05) is 20.2 Å². The molecule has 1 aromatic carbocycles. The monoisotopic (exact) mass is 192 g/mol. The van der Waals surface area contributed by atoms with E-state index >= 15 is 0 Å². The first-order valence-electron chi connectivity index (χ1n) is 4.89. The Morgan fingerprint density at radius 3 is 2.50 bits per heavy atom. The molecule has 14 heavy (non-hydrogen) atoms. The van der Waals surface area contributed by atoms with E-state index in [-0.39, 0.29) is 0 Å². The lowest BCUT2D eigenvalue weighted by molar-refractivity contribution is 0.142. The summed E-state index contributed by atoms with van der Waals surface area (Å²) in [6.07, 6.45) is 0. The summed E-state index contributed by atoms with van der Waals surface area (Å²) >= 11 is 0. The largest absolute Gasteiger partial charge is 0.497 e. The van der Waals surface area contributed by atoms with E-state index in [9.17, 15) is 0 Å². The van der Waals surface area contributed by atoms with Crippen molar-refractivity contribution >= 4 is 0 Å². The third-order valence-electron chi connectivity index (χ3n) is 2.55.